The van der Waals surface area contributed by atoms with Gasteiger partial charge in [0.1, 0.15) is 0 Å². The largest absolute Gasteiger partial charge is 0.339 e. The van der Waals surface area contributed by atoms with Crippen LogP contribution in [0.5, 0.6) is 0 Å². The highest BCUT2D eigenvalue weighted by molar-refractivity contribution is 5.91. The van der Waals surface area contributed by atoms with E-state index in [0.29, 0.717) is 24.6 Å². The van der Waals surface area contributed by atoms with Crippen molar-refractivity contribution in [3.63, 3.8) is 0 Å². The van der Waals surface area contributed by atoms with E-state index in [1.54, 1.807) is 0 Å². The fourth-order valence-electron chi connectivity index (χ4n) is 3.33. The quantitative estimate of drug-likeness (QED) is 0.795. The number of aromatic nitrogens is 2. The summed E-state index contributed by atoms with van der Waals surface area (Å²) in [6.45, 7) is 6.14. The van der Waals surface area contributed by atoms with Crippen LogP contribution in [-0.2, 0) is 16.8 Å². The van der Waals surface area contributed by atoms with Gasteiger partial charge in [-0.1, -0.05) is 50.9 Å². The Balaban J connectivity index is 0.00000261. The summed E-state index contributed by atoms with van der Waals surface area (Å²) < 4.78 is 5.38. The summed E-state index contributed by atoms with van der Waals surface area (Å²) in [6.07, 6.45) is 5.09. The number of hydrogen-bond donors (Lipinski definition) is 2. The zero-order valence-corrected chi connectivity index (χ0v) is 17.1. The van der Waals surface area contributed by atoms with Crippen LogP contribution in [0.25, 0.3) is 0 Å². The maximum absolute atomic E-state index is 12.0. The lowest BCUT2D eigenvalue weighted by Crippen LogP contribution is -2.34. The minimum absolute atomic E-state index is 0. The number of carbonyl (C=O) groups is 1. The van der Waals surface area contributed by atoms with Crippen molar-refractivity contribution in [3.8, 4) is 0 Å². The number of halogens is 1. The van der Waals surface area contributed by atoms with Crippen LogP contribution in [0.4, 0.5) is 5.69 Å². The van der Waals surface area contributed by atoms with Crippen LogP contribution in [0, 0.1) is 5.41 Å². The molecule has 1 saturated carbocycles. The van der Waals surface area contributed by atoms with Crippen LogP contribution in [0.2, 0.25) is 0 Å². The summed E-state index contributed by atoms with van der Waals surface area (Å²) >= 11 is 0. The molecule has 1 amide bonds. The Morgan fingerprint density at radius 1 is 1.22 bits per heavy atom. The van der Waals surface area contributed by atoms with Gasteiger partial charge in [0.05, 0.1) is 12.0 Å². The standard InChI is InChI=1S/C20H28N4O2.ClH/c1-19(2,3)13-16(25)22-15-8-6-14(7-9-15)12-17-23-18(24-26-17)20(21)10-4-5-11-20;/h6-9H,4-5,10-13,21H2,1-3H3,(H,22,25);1H. The highest BCUT2D eigenvalue weighted by Crippen LogP contribution is 2.34. The van der Waals surface area contributed by atoms with Crippen molar-refractivity contribution < 1.29 is 9.32 Å². The SMILES string of the molecule is CC(C)(C)CC(=O)Nc1ccc(Cc2nc(C3(N)CCCC3)no2)cc1.Cl. The molecule has 3 N–H and O–H groups in total. The molecule has 148 valence electrons. The van der Waals surface area contributed by atoms with E-state index < -0.39 is 5.54 Å². The maximum Gasteiger partial charge on any atom is 0.231 e. The van der Waals surface area contributed by atoms with E-state index in [0.717, 1.165) is 36.9 Å². The van der Waals surface area contributed by atoms with Crippen molar-refractivity contribution in [2.24, 2.45) is 11.1 Å². The van der Waals surface area contributed by atoms with Crippen molar-refractivity contribution >= 4 is 24.0 Å². The van der Waals surface area contributed by atoms with Gasteiger partial charge in [0.25, 0.3) is 0 Å². The minimum Gasteiger partial charge on any atom is -0.339 e. The minimum atomic E-state index is -0.428. The van der Waals surface area contributed by atoms with Crippen molar-refractivity contribution in [2.45, 2.75) is 64.8 Å². The summed E-state index contributed by atoms with van der Waals surface area (Å²) in [4.78, 5) is 16.5. The van der Waals surface area contributed by atoms with Gasteiger partial charge in [0, 0.05) is 12.1 Å². The lowest BCUT2D eigenvalue weighted by Gasteiger charge is -2.17. The van der Waals surface area contributed by atoms with Gasteiger partial charge in [-0.25, -0.2) is 0 Å². The van der Waals surface area contributed by atoms with E-state index in [9.17, 15) is 4.79 Å². The normalized spacial score (nSPS) is 16.0. The second-order valence-electron chi connectivity index (χ2n) is 8.53. The lowest BCUT2D eigenvalue weighted by atomic mass is 9.92. The molecule has 27 heavy (non-hydrogen) atoms. The Bertz CT molecular complexity index is 759. The predicted molar refractivity (Wildman–Crippen MR) is 108 cm³/mol. The van der Waals surface area contributed by atoms with Gasteiger partial charge in [-0.05, 0) is 36.0 Å². The van der Waals surface area contributed by atoms with E-state index in [2.05, 4.69) is 15.5 Å². The summed E-state index contributed by atoms with van der Waals surface area (Å²) in [5.41, 5.74) is 7.76. The number of benzene rings is 1. The molecule has 1 heterocycles. The molecular weight excluding hydrogens is 364 g/mol. The topological polar surface area (TPSA) is 94.0 Å². The molecule has 1 aromatic carbocycles. The van der Waals surface area contributed by atoms with Gasteiger partial charge < -0.3 is 15.6 Å². The molecule has 0 atom stereocenters. The van der Waals surface area contributed by atoms with E-state index in [1.807, 2.05) is 45.0 Å². The number of amides is 1. The van der Waals surface area contributed by atoms with Gasteiger partial charge in [-0.3, -0.25) is 4.79 Å². The molecule has 1 aromatic heterocycles. The molecule has 0 aliphatic heterocycles. The monoisotopic (exact) mass is 392 g/mol. The zero-order chi connectivity index (χ0) is 18.8. The molecule has 0 bridgehead atoms. The molecule has 0 radical (unpaired) electrons. The highest BCUT2D eigenvalue weighted by Gasteiger charge is 2.35. The first-order chi connectivity index (χ1) is 12.2. The molecule has 2 aromatic rings. The molecule has 1 fully saturated rings. The molecule has 3 rings (SSSR count). The van der Waals surface area contributed by atoms with Crippen molar-refractivity contribution in [2.75, 3.05) is 5.32 Å². The van der Waals surface area contributed by atoms with Crippen LogP contribution in [0.1, 0.15) is 70.2 Å². The number of rotatable bonds is 5. The number of nitrogens with two attached hydrogens (primary N) is 1. The zero-order valence-electron chi connectivity index (χ0n) is 16.2. The van der Waals surface area contributed by atoms with Gasteiger partial charge in [0.2, 0.25) is 11.8 Å². The molecule has 0 unspecified atom stereocenters. The second-order valence-corrected chi connectivity index (χ2v) is 8.53. The Morgan fingerprint density at radius 2 is 1.85 bits per heavy atom. The molecule has 1 aliphatic rings. The van der Waals surface area contributed by atoms with Crippen molar-refractivity contribution in [3.05, 3.63) is 41.5 Å². The van der Waals surface area contributed by atoms with E-state index in [1.165, 1.54) is 0 Å². The van der Waals surface area contributed by atoms with Gasteiger partial charge in [0.15, 0.2) is 5.82 Å². The Kier molecular flexibility index (Phi) is 6.65. The summed E-state index contributed by atoms with van der Waals surface area (Å²) in [5, 5.41) is 7.02. The number of nitrogens with zero attached hydrogens (tertiary/aromatic N) is 2. The molecular formula is C20H29ClN4O2. The number of hydrogen-bond acceptors (Lipinski definition) is 5. The third-order valence-corrected chi connectivity index (χ3v) is 4.69. The maximum atomic E-state index is 12.0. The Labute approximate surface area is 166 Å². The third kappa shape index (κ3) is 5.78. The van der Waals surface area contributed by atoms with Crippen molar-refractivity contribution in [1.82, 2.24) is 10.1 Å². The van der Waals surface area contributed by atoms with E-state index in [4.69, 9.17) is 10.3 Å². The second kappa shape index (κ2) is 8.40. The lowest BCUT2D eigenvalue weighted by molar-refractivity contribution is -0.117. The van der Waals surface area contributed by atoms with E-state index >= 15 is 0 Å². The Hall–Kier alpha value is -1.92. The summed E-state index contributed by atoms with van der Waals surface area (Å²) in [7, 11) is 0. The fourth-order valence-corrected chi connectivity index (χ4v) is 3.33. The number of nitrogens with one attached hydrogen (secondary N) is 1. The number of anilines is 1. The molecule has 6 nitrogen and oxygen atoms in total. The molecule has 7 heteroatoms. The van der Waals surface area contributed by atoms with Crippen LogP contribution >= 0.6 is 12.4 Å². The van der Waals surface area contributed by atoms with Gasteiger partial charge >= 0.3 is 0 Å². The number of carbonyl (C=O) groups excluding carboxylic acids is 1. The van der Waals surface area contributed by atoms with Crippen LogP contribution in [0.15, 0.2) is 28.8 Å². The first-order valence-corrected chi connectivity index (χ1v) is 9.24. The van der Waals surface area contributed by atoms with Gasteiger partial charge in [-0.15, -0.1) is 12.4 Å². The van der Waals surface area contributed by atoms with Gasteiger partial charge in [-0.2, -0.15) is 4.98 Å². The van der Waals surface area contributed by atoms with E-state index in [-0.39, 0.29) is 23.7 Å². The van der Waals surface area contributed by atoms with Crippen LogP contribution in [0.3, 0.4) is 0 Å². The average molecular weight is 393 g/mol. The first kappa shape index (κ1) is 21.4. The summed E-state index contributed by atoms with van der Waals surface area (Å²) in [6, 6.07) is 7.72. The molecule has 0 spiro atoms. The fraction of sp³-hybridized carbons (Fsp3) is 0.550. The third-order valence-electron chi connectivity index (χ3n) is 4.69. The van der Waals surface area contributed by atoms with Crippen LogP contribution < -0.4 is 11.1 Å². The molecule has 0 saturated heterocycles. The first-order valence-electron chi connectivity index (χ1n) is 9.24. The summed E-state index contributed by atoms with van der Waals surface area (Å²) in [5.74, 6) is 1.22. The van der Waals surface area contributed by atoms with Crippen molar-refractivity contribution in [1.29, 1.82) is 0 Å². The smallest absolute Gasteiger partial charge is 0.231 e. The average Bonchev–Trinajstić information content (AvgIpc) is 3.17. The Morgan fingerprint density at radius 3 is 2.44 bits per heavy atom. The molecule has 1 aliphatic carbocycles. The van der Waals surface area contributed by atoms with Crippen LogP contribution in [-0.4, -0.2) is 16.0 Å². The predicted octanol–water partition coefficient (Wildman–Crippen LogP) is 4.18. The highest BCUT2D eigenvalue weighted by atomic mass is 35.5.